The first-order valence-corrected chi connectivity index (χ1v) is 9.48. The Bertz CT molecular complexity index is 899. The van der Waals surface area contributed by atoms with Crippen LogP contribution in [-0.4, -0.2) is 36.2 Å². The van der Waals surface area contributed by atoms with Crippen molar-refractivity contribution in [1.29, 1.82) is 0 Å². The van der Waals surface area contributed by atoms with E-state index in [4.69, 9.17) is 21.1 Å². The molecule has 0 aliphatic carbocycles. The van der Waals surface area contributed by atoms with Gasteiger partial charge in [0.25, 0.3) is 0 Å². The molecule has 3 aromatic rings. The van der Waals surface area contributed by atoms with Crippen LogP contribution in [0, 0.1) is 0 Å². The quantitative estimate of drug-likeness (QED) is 0.574. The fraction of sp³-hybridized carbons (Fsp3) is 0.211. The molecule has 0 bridgehead atoms. The predicted molar refractivity (Wildman–Crippen MR) is 107 cm³/mol. The van der Waals surface area contributed by atoms with Gasteiger partial charge in [-0.05, 0) is 12.1 Å². The Kier molecular flexibility index (Phi) is 6.75. The zero-order valence-electron chi connectivity index (χ0n) is 14.6. The van der Waals surface area contributed by atoms with Crippen LogP contribution in [0.1, 0.15) is 5.69 Å². The zero-order chi connectivity index (χ0) is 19.1. The highest BCUT2D eigenvalue weighted by Gasteiger charge is 2.11. The molecule has 0 fully saturated rings. The van der Waals surface area contributed by atoms with E-state index in [9.17, 15) is 4.79 Å². The molecule has 1 N–H and O–H groups in total. The standard InChI is InChI=1S/C19H18ClN3O3S/c1-25-8-9-26-18-7-6-13(11-21-18)22-17(24)10-14-12-27-19(23-14)15-4-2-3-5-16(15)20/h2-7,11-12H,8-10H2,1H3,(H,22,24). The number of hydrogen-bond acceptors (Lipinski definition) is 6. The number of pyridine rings is 1. The van der Waals surface area contributed by atoms with Crippen LogP contribution in [0.5, 0.6) is 5.88 Å². The SMILES string of the molecule is COCCOc1ccc(NC(=O)Cc2csc(-c3ccccc3Cl)n2)cn1. The number of hydrogen-bond donors (Lipinski definition) is 1. The molecule has 2 heterocycles. The number of methoxy groups -OCH3 is 1. The van der Waals surface area contributed by atoms with Crippen LogP contribution >= 0.6 is 22.9 Å². The third-order valence-electron chi connectivity index (χ3n) is 3.56. The fourth-order valence-corrected chi connectivity index (χ4v) is 3.43. The normalized spacial score (nSPS) is 10.6. The van der Waals surface area contributed by atoms with E-state index in [2.05, 4.69) is 15.3 Å². The molecule has 1 amide bonds. The molecule has 6 nitrogen and oxygen atoms in total. The summed E-state index contributed by atoms with van der Waals surface area (Å²) in [5.74, 6) is 0.315. The van der Waals surface area contributed by atoms with Crippen molar-refractivity contribution in [3.05, 3.63) is 58.7 Å². The number of nitrogens with one attached hydrogen (secondary N) is 1. The number of thiazole rings is 1. The number of amides is 1. The van der Waals surface area contributed by atoms with Crippen molar-refractivity contribution in [2.24, 2.45) is 0 Å². The molecule has 0 aliphatic heterocycles. The van der Waals surface area contributed by atoms with E-state index in [-0.39, 0.29) is 12.3 Å². The fourth-order valence-electron chi connectivity index (χ4n) is 2.29. The van der Waals surface area contributed by atoms with Crippen molar-refractivity contribution in [3.8, 4) is 16.5 Å². The van der Waals surface area contributed by atoms with Crippen LogP contribution in [0.4, 0.5) is 5.69 Å². The van der Waals surface area contributed by atoms with E-state index in [0.29, 0.717) is 35.5 Å². The molecule has 140 valence electrons. The molecule has 0 radical (unpaired) electrons. The Balaban J connectivity index is 1.56. The number of aromatic nitrogens is 2. The number of rotatable bonds is 8. The average molecular weight is 404 g/mol. The van der Waals surface area contributed by atoms with Gasteiger partial charge in [-0.25, -0.2) is 9.97 Å². The lowest BCUT2D eigenvalue weighted by Crippen LogP contribution is -2.14. The zero-order valence-corrected chi connectivity index (χ0v) is 16.2. The molecule has 2 aromatic heterocycles. The third-order valence-corrected chi connectivity index (χ3v) is 4.81. The van der Waals surface area contributed by atoms with Gasteiger partial charge in [-0.1, -0.05) is 29.8 Å². The molecule has 0 saturated heterocycles. The van der Waals surface area contributed by atoms with Crippen LogP contribution < -0.4 is 10.1 Å². The van der Waals surface area contributed by atoms with Crippen molar-refractivity contribution in [1.82, 2.24) is 9.97 Å². The molecule has 0 aliphatic rings. The van der Waals surface area contributed by atoms with Gasteiger partial charge >= 0.3 is 0 Å². The van der Waals surface area contributed by atoms with Gasteiger partial charge in [-0.3, -0.25) is 4.79 Å². The first kappa shape index (κ1) is 19.3. The lowest BCUT2D eigenvalue weighted by molar-refractivity contribution is -0.115. The van der Waals surface area contributed by atoms with Gasteiger partial charge in [0.15, 0.2) is 0 Å². The van der Waals surface area contributed by atoms with E-state index in [1.165, 1.54) is 11.3 Å². The van der Waals surface area contributed by atoms with Crippen LogP contribution in [0.2, 0.25) is 5.02 Å². The molecule has 0 atom stereocenters. The van der Waals surface area contributed by atoms with Gasteiger partial charge in [0, 0.05) is 24.1 Å². The highest BCUT2D eigenvalue weighted by atomic mass is 35.5. The summed E-state index contributed by atoms with van der Waals surface area (Å²) in [4.78, 5) is 20.9. The number of ether oxygens (including phenoxy) is 2. The van der Waals surface area contributed by atoms with Crippen molar-refractivity contribution in [3.63, 3.8) is 0 Å². The number of carbonyl (C=O) groups excluding carboxylic acids is 1. The summed E-state index contributed by atoms with van der Waals surface area (Å²) in [6.45, 7) is 0.913. The maximum Gasteiger partial charge on any atom is 0.230 e. The van der Waals surface area contributed by atoms with E-state index in [1.54, 1.807) is 25.4 Å². The van der Waals surface area contributed by atoms with Crippen molar-refractivity contribution in [2.45, 2.75) is 6.42 Å². The molecule has 0 spiro atoms. The maximum atomic E-state index is 12.2. The molecule has 0 saturated carbocycles. The molecule has 3 rings (SSSR count). The van der Waals surface area contributed by atoms with Crippen molar-refractivity contribution in [2.75, 3.05) is 25.6 Å². The van der Waals surface area contributed by atoms with E-state index in [0.717, 1.165) is 10.6 Å². The Hall–Kier alpha value is -2.48. The Morgan fingerprint density at radius 2 is 2.07 bits per heavy atom. The van der Waals surface area contributed by atoms with E-state index in [1.807, 2.05) is 29.6 Å². The minimum absolute atomic E-state index is 0.166. The van der Waals surface area contributed by atoms with Gasteiger partial charge in [0.2, 0.25) is 11.8 Å². The van der Waals surface area contributed by atoms with E-state index >= 15 is 0 Å². The number of benzene rings is 1. The smallest absolute Gasteiger partial charge is 0.230 e. The van der Waals surface area contributed by atoms with Crippen LogP contribution in [0.25, 0.3) is 10.6 Å². The van der Waals surface area contributed by atoms with Crippen LogP contribution in [-0.2, 0) is 16.0 Å². The minimum atomic E-state index is -0.166. The Morgan fingerprint density at radius 3 is 2.81 bits per heavy atom. The molecule has 8 heteroatoms. The lowest BCUT2D eigenvalue weighted by atomic mass is 10.2. The van der Waals surface area contributed by atoms with Gasteiger partial charge in [-0.15, -0.1) is 11.3 Å². The third kappa shape index (κ3) is 5.50. The minimum Gasteiger partial charge on any atom is -0.475 e. The van der Waals surface area contributed by atoms with Crippen molar-refractivity contribution >= 4 is 34.5 Å². The van der Waals surface area contributed by atoms with Gasteiger partial charge < -0.3 is 14.8 Å². The highest BCUT2D eigenvalue weighted by Crippen LogP contribution is 2.30. The van der Waals surface area contributed by atoms with Gasteiger partial charge in [0.05, 0.1) is 35.6 Å². The summed E-state index contributed by atoms with van der Waals surface area (Å²) < 4.78 is 10.3. The van der Waals surface area contributed by atoms with Gasteiger partial charge in [-0.2, -0.15) is 0 Å². The molecule has 1 aromatic carbocycles. The van der Waals surface area contributed by atoms with Crippen molar-refractivity contribution < 1.29 is 14.3 Å². The lowest BCUT2D eigenvalue weighted by Gasteiger charge is -2.06. The summed E-state index contributed by atoms with van der Waals surface area (Å²) in [6.07, 6.45) is 1.73. The van der Waals surface area contributed by atoms with Crippen LogP contribution in [0.15, 0.2) is 48.0 Å². The Labute approximate surface area is 166 Å². The first-order chi connectivity index (χ1) is 13.2. The Morgan fingerprint density at radius 1 is 1.22 bits per heavy atom. The molecular formula is C19H18ClN3O3S. The highest BCUT2D eigenvalue weighted by molar-refractivity contribution is 7.13. The van der Waals surface area contributed by atoms with Crippen LogP contribution in [0.3, 0.4) is 0 Å². The molecule has 27 heavy (non-hydrogen) atoms. The number of carbonyl (C=O) groups is 1. The average Bonchev–Trinajstić information content (AvgIpc) is 3.12. The predicted octanol–water partition coefficient (Wildman–Crippen LogP) is 4.06. The summed E-state index contributed by atoms with van der Waals surface area (Å²) >= 11 is 7.66. The number of anilines is 1. The largest absolute Gasteiger partial charge is 0.475 e. The second-order valence-corrected chi connectivity index (χ2v) is 6.84. The topological polar surface area (TPSA) is 73.3 Å². The first-order valence-electron chi connectivity index (χ1n) is 8.22. The molecule has 0 unspecified atom stereocenters. The van der Waals surface area contributed by atoms with E-state index < -0.39 is 0 Å². The summed E-state index contributed by atoms with van der Waals surface area (Å²) in [5.41, 5.74) is 2.16. The summed E-state index contributed by atoms with van der Waals surface area (Å²) in [7, 11) is 1.61. The summed E-state index contributed by atoms with van der Waals surface area (Å²) in [6, 6.07) is 10.9. The summed E-state index contributed by atoms with van der Waals surface area (Å²) in [5, 5.41) is 6.10. The monoisotopic (exact) mass is 403 g/mol. The number of nitrogens with zero attached hydrogens (tertiary/aromatic N) is 2. The second-order valence-electron chi connectivity index (χ2n) is 5.58. The number of halogens is 1. The maximum absolute atomic E-state index is 12.2. The van der Waals surface area contributed by atoms with Gasteiger partial charge in [0.1, 0.15) is 11.6 Å². The second kappa shape index (κ2) is 9.45. The molecular weight excluding hydrogens is 386 g/mol.